The highest BCUT2D eigenvalue weighted by molar-refractivity contribution is 8.13. The van der Waals surface area contributed by atoms with Gasteiger partial charge in [-0.05, 0) is 36.9 Å². The highest BCUT2D eigenvalue weighted by Gasteiger charge is 2.04. The van der Waals surface area contributed by atoms with Gasteiger partial charge in [0.15, 0.2) is 0 Å². The largest absolute Gasteiger partial charge is 0.271 e. The molecule has 0 saturated heterocycles. The van der Waals surface area contributed by atoms with Crippen molar-refractivity contribution in [1.29, 1.82) is 0 Å². The van der Waals surface area contributed by atoms with E-state index in [0.29, 0.717) is 11.6 Å². The lowest BCUT2D eigenvalue weighted by Gasteiger charge is -2.04. The zero-order valence-corrected chi connectivity index (χ0v) is 12.3. The monoisotopic (exact) mass is 293 g/mol. The third-order valence-corrected chi connectivity index (χ3v) is 3.52. The Labute approximate surface area is 123 Å². The molecule has 0 unspecified atom stereocenters. The Morgan fingerprint density at radius 3 is 3.11 bits per heavy atom. The van der Waals surface area contributed by atoms with Crippen molar-refractivity contribution in [2.45, 2.75) is 13.5 Å². The van der Waals surface area contributed by atoms with Gasteiger partial charge in [-0.25, -0.2) is 0 Å². The molecular formula is C14H14ClN3S. The lowest BCUT2D eigenvalue weighted by molar-refractivity contribution is 0.988. The molecule has 3 nitrogen and oxygen atoms in total. The Morgan fingerprint density at radius 1 is 1.58 bits per heavy atom. The van der Waals surface area contributed by atoms with Crippen LogP contribution in [0.25, 0.3) is 0 Å². The van der Waals surface area contributed by atoms with Crippen LogP contribution in [0.2, 0.25) is 5.02 Å². The number of nitrogens with zero attached hydrogens (tertiary/aromatic N) is 3. The molecule has 0 aliphatic rings. The average molecular weight is 294 g/mol. The molecule has 0 aromatic carbocycles. The lowest BCUT2D eigenvalue weighted by atomic mass is 10.2. The van der Waals surface area contributed by atoms with E-state index in [1.165, 1.54) is 11.8 Å². The van der Waals surface area contributed by atoms with Crippen LogP contribution in [-0.4, -0.2) is 21.3 Å². The third-order valence-electron chi connectivity index (χ3n) is 2.46. The first-order valence-corrected chi connectivity index (χ1v) is 7.33. The molecule has 0 aliphatic carbocycles. The van der Waals surface area contributed by atoms with Gasteiger partial charge in [0.05, 0.1) is 23.7 Å². The Kier molecular flexibility index (Phi) is 4.44. The van der Waals surface area contributed by atoms with Crippen LogP contribution in [0.5, 0.6) is 0 Å². The summed E-state index contributed by atoms with van der Waals surface area (Å²) in [6.07, 6.45) is 5.52. The van der Waals surface area contributed by atoms with Gasteiger partial charge in [-0.1, -0.05) is 11.6 Å². The van der Waals surface area contributed by atoms with Gasteiger partial charge in [-0.3, -0.25) is 15.0 Å². The molecule has 0 bridgehead atoms. The van der Waals surface area contributed by atoms with Gasteiger partial charge >= 0.3 is 0 Å². The molecular weight excluding hydrogens is 278 g/mol. The van der Waals surface area contributed by atoms with Crippen molar-refractivity contribution in [3.8, 4) is 0 Å². The molecule has 0 fully saturated rings. The molecule has 0 amide bonds. The maximum absolute atomic E-state index is 7.81. The fourth-order valence-corrected chi connectivity index (χ4v) is 2.34. The normalized spacial score (nSPS) is 12.4. The predicted molar refractivity (Wildman–Crippen MR) is 82.0 cm³/mol. The number of hydrogen-bond acceptors (Lipinski definition) is 4. The van der Waals surface area contributed by atoms with Gasteiger partial charge in [0.2, 0.25) is 0 Å². The summed E-state index contributed by atoms with van der Waals surface area (Å²) in [6, 6.07) is 5.52. The molecule has 2 aromatic heterocycles. The van der Waals surface area contributed by atoms with Gasteiger partial charge in [0.25, 0.3) is 0 Å². The molecule has 0 radical (unpaired) electrons. The zero-order valence-electron chi connectivity index (χ0n) is 11.7. The van der Waals surface area contributed by atoms with E-state index in [1.54, 1.807) is 18.5 Å². The van der Waals surface area contributed by atoms with Crippen LogP contribution in [0.1, 0.15) is 18.2 Å². The van der Waals surface area contributed by atoms with E-state index >= 15 is 0 Å². The molecule has 2 rings (SSSR count). The van der Waals surface area contributed by atoms with Crippen LogP contribution in [0, 0.1) is 6.92 Å². The molecule has 0 N–H and O–H groups in total. The first kappa shape index (κ1) is 12.6. The average Bonchev–Trinajstić information content (AvgIpc) is 2.43. The van der Waals surface area contributed by atoms with Crippen molar-refractivity contribution in [3.05, 3.63) is 58.6 Å². The summed E-state index contributed by atoms with van der Waals surface area (Å²) in [5.74, 6) is 0. The standard InChI is InChI=1S/C14H14ClN3S/c1-10-6-12(15)13(17-7-10)9-18-14(19-2)11-4-3-5-16-8-11/h3-8H,9H2,1-2H3/i8T. The van der Waals surface area contributed by atoms with Gasteiger partial charge in [0, 0.05) is 24.1 Å². The second-order valence-electron chi connectivity index (χ2n) is 3.93. The number of thioether (sulfide) groups is 1. The molecule has 19 heavy (non-hydrogen) atoms. The number of rotatable bonds is 3. The SMILES string of the molecule is [3H]c1ncccc1C(=NCc1ncc(C)cc1Cl)SC. The number of aromatic nitrogens is 2. The van der Waals surface area contributed by atoms with E-state index in [1.807, 2.05) is 25.3 Å². The van der Waals surface area contributed by atoms with Crippen LogP contribution in [0.3, 0.4) is 0 Å². The molecule has 0 spiro atoms. The predicted octanol–water partition coefficient (Wildman–Crippen LogP) is 3.75. The summed E-state index contributed by atoms with van der Waals surface area (Å²) in [7, 11) is 0. The quantitative estimate of drug-likeness (QED) is 0.639. The lowest BCUT2D eigenvalue weighted by Crippen LogP contribution is -1.98. The second kappa shape index (κ2) is 6.68. The van der Waals surface area contributed by atoms with E-state index in [2.05, 4.69) is 15.0 Å². The topological polar surface area (TPSA) is 38.1 Å². The third kappa shape index (κ3) is 3.78. The molecule has 98 valence electrons. The fourth-order valence-electron chi connectivity index (χ4n) is 1.53. The molecule has 2 heterocycles. The number of halogens is 1. The Balaban J connectivity index is 2.26. The highest BCUT2D eigenvalue weighted by atomic mass is 35.5. The minimum atomic E-state index is 0.226. The van der Waals surface area contributed by atoms with Crippen molar-refractivity contribution in [2.75, 3.05) is 6.26 Å². The van der Waals surface area contributed by atoms with E-state index in [0.717, 1.165) is 21.9 Å². The second-order valence-corrected chi connectivity index (χ2v) is 5.13. The van der Waals surface area contributed by atoms with Gasteiger partial charge < -0.3 is 0 Å². The van der Waals surface area contributed by atoms with Gasteiger partial charge in [0.1, 0.15) is 0 Å². The van der Waals surface area contributed by atoms with E-state index < -0.39 is 0 Å². The molecule has 5 heteroatoms. The Hall–Kier alpha value is -1.39. The highest BCUT2D eigenvalue weighted by Crippen LogP contribution is 2.17. The van der Waals surface area contributed by atoms with Crippen LogP contribution in [0.4, 0.5) is 0 Å². The van der Waals surface area contributed by atoms with Crippen molar-refractivity contribution >= 4 is 28.4 Å². The van der Waals surface area contributed by atoms with Gasteiger partial charge in [-0.15, -0.1) is 11.8 Å². The maximum Gasteiger partial charge on any atom is 0.0994 e. The fraction of sp³-hybridized carbons (Fsp3) is 0.214. The molecule has 0 aliphatic heterocycles. The number of pyridine rings is 2. The number of hydrogen-bond donors (Lipinski definition) is 0. The summed E-state index contributed by atoms with van der Waals surface area (Å²) >= 11 is 7.63. The minimum Gasteiger partial charge on any atom is -0.271 e. The molecule has 2 aromatic rings. The first-order valence-electron chi connectivity index (χ1n) is 6.23. The summed E-state index contributed by atoms with van der Waals surface area (Å²) < 4.78 is 7.81. The summed E-state index contributed by atoms with van der Waals surface area (Å²) in [4.78, 5) is 12.8. The van der Waals surface area contributed by atoms with E-state index in [9.17, 15) is 0 Å². The molecule has 0 saturated carbocycles. The van der Waals surface area contributed by atoms with Crippen molar-refractivity contribution in [1.82, 2.24) is 9.97 Å². The zero-order chi connectivity index (χ0) is 14.5. The summed E-state index contributed by atoms with van der Waals surface area (Å²) in [6.45, 7) is 2.34. The van der Waals surface area contributed by atoms with Crippen LogP contribution < -0.4 is 0 Å². The van der Waals surface area contributed by atoms with Crippen LogP contribution in [0.15, 0.2) is 41.8 Å². The van der Waals surface area contributed by atoms with Gasteiger partial charge in [-0.2, -0.15) is 0 Å². The van der Waals surface area contributed by atoms with Crippen molar-refractivity contribution < 1.29 is 1.37 Å². The number of aliphatic imine (C=N–C) groups is 1. The summed E-state index contributed by atoms with van der Waals surface area (Å²) in [5, 5.41) is 1.38. The smallest absolute Gasteiger partial charge is 0.0994 e. The van der Waals surface area contributed by atoms with E-state index in [4.69, 9.17) is 13.0 Å². The van der Waals surface area contributed by atoms with Crippen LogP contribution in [-0.2, 0) is 6.54 Å². The van der Waals surface area contributed by atoms with E-state index in [-0.39, 0.29) is 6.17 Å². The Morgan fingerprint density at radius 2 is 2.42 bits per heavy atom. The summed E-state index contributed by atoms with van der Waals surface area (Å²) in [5.41, 5.74) is 2.48. The first-order chi connectivity index (χ1) is 9.61. The Bertz CT molecular complexity index is 646. The van der Waals surface area contributed by atoms with Crippen molar-refractivity contribution in [3.63, 3.8) is 0 Å². The minimum absolute atomic E-state index is 0.226. The number of aryl methyl sites for hydroxylation is 1. The maximum atomic E-state index is 7.81. The molecule has 0 atom stereocenters. The van der Waals surface area contributed by atoms with Crippen LogP contribution >= 0.6 is 23.4 Å². The van der Waals surface area contributed by atoms with Crippen molar-refractivity contribution in [2.24, 2.45) is 4.99 Å².